The normalized spacial score (nSPS) is 14.2. The summed E-state index contributed by atoms with van der Waals surface area (Å²) in [6, 6.07) is 13.1. The van der Waals surface area contributed by atoms with E-state index >= 15 is 0 Å². The third-order valence-corrected chi connectivity index (χ3v) is 5.49. The highest BCUT2D eigenvalue weighted by molar-refractivity contribution is 5.96. The minimum Gasteiger partial charge on any atom is -0.399 e. The van der Waals surface area contributed by atoms with Crippen LogP contribution < -0.4 is 11.1 Å². The summed E-state index contributed by atoms with van der Waals surface area (Å²) >= 11 is 0. The molecule has 1 saturated heterocycles. The zero-order chi connectivity index (χ0) is 20.1. The van der Waals surface area contributed by atoms with Crippen molar-refractivity contribution in [1.82, 2.24) is 4.90 Å². The molecule has 0 unspecified atom stereocenters. The van der Waals surface area contributed by atoms with Crippen molar-refractivity contribution in [3.05, 3.63) is 59.2 Å². The van der Waals surface area contributed by atoms with Crippen LogP contribution in [-0.4, -0.2) is 29.8 Å². The van der Waals surface area contributed by atoms with Crippen molar-refractivity contribution in [2.24, 2.45) is 5.92 Å². The van der Waals surface area contributed by atoms with E-state index in [1.54, 1.807) is 6.07 Å². The van der Waals surface area contributed by atoms with Gasteiger partial charge in [-0.25, -0.2) is 0 Å². The van der Waals surface area contributed by atoms with Crippen LogP contribution >= 0.6 is 12.4 Å². The maximum absolute atomic E-state index is 12.7. The van der Waals surface area contributed by atoms with E-state index in [1.807, 2.05) is 48.2 Å². The van der Waals surface area contributed by atoms with Crippen LogP contribution in [0.3, 0.4) is 0 Å². The number of carbonyl (C=O) groups excluding carboxylic acids is 2. The number of nitrogens with one attached hydrogen (secondary N) is 1. The van der Waals surface area contributed by atoms with E-state index in [9.17, 15) is 9.59 Å². The lowest BCUT2D eigenvalue weighted by molar-refractivity contribution is -0.116. The van der Waals surface area contributed by atoms with Gasteiger partial charge in [-0.15, -0.1) is 12.4 Å². The Bertz CT molecular complexity index is 861. The predicted octanol–water partition coefficient (Wildman–Crippen LogP) is 4.44. The number of amides is 2. The molecule has 1 aliphatic heterocycles. The van der Waals surface area contributed by atoms with Crippen LogP contribution in [0.15, 0.2) is 42.5 Å². The number of halogens is 1. The first kappa shape index (κ1) is 22.8. The first-order chi connectivity index (χ1) is 13.4. The Morgan fingerprint density at radius 1 is 1.14 bits per heavy atom. The van der Waals surface area contributed by atoms with Crippen molar-refractivity contribution in [3.63, 3.8) is 0 Å². The van der Waals surface area contributed by atoms with Crippen molar-refractivity contribution >= 4 is 35.6 Å². The molecule has 156 valence electrons. The lowest BCUT2D eigenvalue weighted by Gasteiger charge is -2.30. The molecule has 1 fully saturated rings. The molecule has 1 heterocycles. The molecule has 5 nitrogen and oxygen atoms in total. The minimum absolute atomic E-state index is 0. The van der Waals surface area contributed by atoms with Gasteiger partial charge in [0.05, 0.1) is 0 Å². The van der Waals surface area contributed by atoms with Crippen LogP contribution in [0.1, 0.15) is 47.7 Å². The summed E-state index contributed by atoms with van der Waals surface area (Å²) in [5.74, 6) is 0.706. The van der Waals surface area contributed by atoms with Gasteiger partial charge in [-0.2, -0.15) is 0 Å². The van der Waals surface area contributed by atoms with Gasteiger partial charge < -0.3 is 16.0 Å². The highest BCUT2D eigenvalue weighted by Crippen LogP contribution is 2.22. The lowest BCUT2D eigenvalue weighted by atomic mass is 9.98. The van der Waals surface area contributed by atoms with Gasteiger partial charge in [-0.3, -0.25) is 9.59 Å². The van der Waals surface area contributed by atoms with E-state index in [2.05, 4.69) is 12.2 Å². The molecule has 6 heteroatoms. The van der Waals surface area contributed by atoms with Gasteiger partial charge in [0.25, 0.3) is 5.91 Å². The lowest BCUT2D eigenvalue weighted by Crippen LogP contribution is -2.37. The molecule has 1 aliphatic rings. The molecule has 2 aromatic rings. The highest BCUT2D eigenvalue weighted by atomic mass is 35.5. The number of rotatable bonds is 5. The summed E-state index contributed by atoms with van der Waals surface area (Å²) in [5, 5.41) is 2.95. The molecule has 0 bridgehead atoms. The SMILES string of the molecule is Cc1cc(C(=O)N2CCC(C)CC2)ccc1NC(=O)CCc1ccccc1N.Cl. The third kappa shape index (κ3) is 5.97. The number of nitrogen functional groups attached to an aromatic ring is 1. The number of likely N-dealkylation sites (tertiary alicyclic amines) is 1. The fourth-order valence-corrected chi connectivity index (χ4v) is 3.55. The predicted molar refractivity (Wildman–Crippen MR) is 121 cm³/mol. The second kappa shape index (κ2) is 10.3. The van der Waals surface area contributed by atoms with Crippen LogP contribution in [0.4, 0.5) is 11.4 Å². The number of hydrogen-bond donors (Lipinski definition) is 2. The zero-order valence-corrected chi connectivity index (χ0v) is 17.9. The van der Waals surface area contributed by atoms with Crippen molar-refractivity contribution in [3.8, 4) is 0 Å². The molecule has 0 radical (unpaired) electrons. The Morgan fingerprint density at radius 3 is 2.48 bits per heavy atom. The van der Waals surface area contributed by atoms with E-state index in [4.69, 9.17) is 5.73 Å². The number of para-hydroxylation sites is 1. The van der Waals surface area contributed by atoms with E-state index in [0.717, 1.165) is 42.7 Å². The third-order valence-electron chi connectivity index (χ3n) is 5.49. The first-order valence-corrected chi connectivity index (χ1v) is 9.97. The summed E-state index contributed by atoms with van der Waals surface area (Å²) < 4.78 is 0. The minimum atomic E-state index is -0.0598. The molecule has 0 atom stereocenters. The Balaban J connectivity index is 0.00000300. The van der Waals surface area contributed by atoms with Gasteiger partial charge in [0, 0.05) is 36.4 Å². The number of nitrogens with zero attached hydrogens (tertiary/aromatic N) is 1. The van der Waals surface area contributed by atoms with Crippen LogP contribution in [0, 0.1) is 12.8 Å². The molecule has 0 aliphatic carbocycles. The average Bonchev–Trinajstić information content (AvgIpc) is 2.69. The van der Waals surface area contributed by atoms with E-state index in [0.29, 0.717) is 30.0 Å². The second-order valence-corrected chi connectivity index (χ2v) is 7.75. The van der Waals surface area contributed by atoms with Gasteiger partial charge in [-0.05, 0) is 67.5 Å². The number of carbonyl (C=O) groups is 2. The van der Waals surface area contributed by atoms with E-state index in [-0.39, 0.29) is 24.2 Å². The molecule has 2 aromatic carbocycles. The summed E-state index contributed by atoms with van der Waals surface area (Å²) in [7, 11) is 0. The van der Waals surface area contributed by atoms with Gasteiger partial charge in [0.1, 0.15) is 0 Å². The molecule has 3 rings (SSSR count). The first-order valence-electron chi connectivity index (χ1n) is 9.97. The number of hydrogen-bond acceptors (Lipinski definition) is 3. The molecular formula is C23H30ClN3O2. The molecule has 0 saturated carbocycles. The van der Waals surface area contributed by atoms with Crippen molar-refractivity contribution in [2.75, 3.05) is 24.1 Å². The molecule has 3 N–H and O–H groups in total. The maximum Gasteiger partial charge on any atom is 0.253 e. The summed E-state index contributed by atoms with van der Waals surface area (Å²) in [6.45, 7) is 5.79. The number of nitrogens with two attached hydrogens (primary N) is 1. The smallest absolute Gasteiger partial charge is 0.253 e. The Kier molecular flexibility index (Phi) is 8.09. The van der Waals surface area contributed by atoms with Crippen LogP contribution in [0.5, 0.6) is 0 Å². The van der Waals surface area contributed by atoms with Crippen LogP contribution in [0.2, 0.25) is 0 Å². The average molecular weight is 416 g/mol. The van der Waals surface area contributed by atoms with E-state index in [1.165, 1.54) is 0 Å². The van der Waals surface area contributed by atoms with Crippen LogP contribution in [-0.2, 0) is 11.2 Å². The highest BCUT2D eigenvalue weighted by Gasteiger charge is 2.21. The molecule has 0 aromatic heterocycles. The topological polar surface area (TPSA) is 75.4 Å². The monoisotopic (exact) mass is 415 g/mol. The largest absolute Gasteiger partial charge is 0.399 e. The quantitative estimate of drug-likeness (QED) is 0.708. The van der Waals surface area contributed by atoms with Gasteiger partial charge in [0.2, 0.25) is 5.91 Å². The fraction of sp³-hybridized carbons (Fsp3) is 0.391. The second-order valence-electron chi connectivity index (χ2n) is 7.75. The van der Waals surface area contributed by atoms with Crippen molar-refractivity contribution in [1.29, 1.82) is 0 Å². The van der Waals surface area contributed by atoms with E-state index < -0.39 is 0 Å². The summed E-state index contributed by atoms with van der Waals surface area (Å²) in [6.07, 6.45) is 3.08. The number of benzene rings is 2. The fourth-order valence-electron chi connectivity index (χ4n) is 3.55. The molecule has 2 amide bonds. The molecular weight excluding hydrogens is 386 g/mol. The summed E-state index contributed by atoms with van der Waals surface area (Å²) in [4.78, 5) is 27.0. The van der Waals surface area contributed by atoms with Crippen molar-refractivity contribution < 1.29 is 9.59 Å². The molecule has 0 spiro atoms. The van der Waals surface area contributed by atoms with Gasteiger partial charge in [-0.1, -0.05) is 25.1 Å². The number of piperidine rings is 1. The maximum atomic E-state index is 12.7. The van der Waals surface area contributed by atoms with Crippen molar-refractivity contribution in [2.45, 2.75) is 39.5 Å². The molecule has 29 heavy (non-hydrogen) atoms. The van der Waals surface area contributed by atoms with Gasteiger partial charge in [0.15, 0.2) is 0 Å². The Morgan fingerprint density at radius 2 is 1.83 bits per heavy atom. The Labute approximate surface area is 179 Å². The Hall–Kier alpha value is -2.53. The summed E-state index contributed by atoms with van der Waals surface area (Å²) in [5.41, 5.74) is 9.94. The number of aryl methyl sites for hydroxylation is 2. The standard InChI is InChI=1S/C23H29N3O2.ClH/c1-16-11-13-26(14-12-16)23(28)19-7-9-21(17(2)15-19)25-22(27)10-8-18-5-3-4-6-20(18)24;/h3-7,9,15-16H,8,10-14,24H2,1-2H3,(H,25,27);1H. The zero-order valence-electron chi connectivity index (χ0n) is 17.1. The number of anilines is 2. The van der Waals surface area contributed by atoms with Gasteiger partial charge >= 0.3 is 0 Å². The van der Waals surface area contributed by atoms with Crippen LogP contribution in [0.25, 0.3) is 0 Å².